The summed E-state index contributed by atoms with van der Waals surface area (Å²) in [6.45, 7) is 2.38. The predicted molar refractivity (Wildman–Crippen MR) is 118 cm³/mol. The Hall–Kier alpha value is -2.97. The van der Waals surface area contributed by atoms with Crippen molar-refractivity contribution < 1.29 is 0 Å². The van der Waals surface area contributed by atoms with E-state index in [4.69, 9.17) is 0 Å². The molecule has 0 fully saturated rings. The van der Waals surface area contributed by atoms with Gasteiger partial charge in [-0.25, -0.2) is 0 Å². The Kier molecular flexibility index (Phi) is 3.30. The number of hydrogen-bond donors (Lipinski definition) is 1. The molecule has 1 nitrogen and oxygen atoms in total. The molecule has 0 bridgehead atoms. The zero-order valence-electron chi connectivity index (χ0n) is 15.6. The molecule has 1 unspecified atom stereocenters. The number of aromatic amines is 1. The number of aromatic nitrogens is 1. The molecule has 4 aromatic carbocycles. The summed E-state index contributed by atoms with van der Waals surface area (Å²) < 4.78 is 0. The van der Waals surface area contributed by atoms with Crippen molar-refractivity contribution in [2.75, 3.05) is 0 Å². The minimum atomic E-state index is -0.176. The van der Waals surface area contributed by atoms with Gasteiger partial charge in [0.25, 0.3) is 0 Å². The molecule has 2 heterocycles. The quantitative estimate of drug-likeness (QED) is 0.328. The molecule has 1 atom stereocenters. The van der Waals surface area contributed by atoms with Gasteiger partial charge in [0.15, 0.2) is 0 Å². The minimum absolute atomic E-state index is 0.176. The van der Waals surface area contributed by atoms with Crippen molar-refractivity contribution in [1.82, 2.24) is 4.98 Å². The van der Waals surface area contributed by atoms with Gasteiger partial charge in [0.05, 0.1) is 0 Å². The van der Waals surface area contributed by atoms with Gasteiger partial charge < -0.3 is 4.98 Å². The zero-order valence-corrected chi connectivity index (χ0v) is 16.4. The average Bonchev–Trinajstić information content (AvgIpc) is 3.11. The molecule has 0 spiro atoms. The van der Waals surface area contributed by atoms with Crippen LogP contribution in [0.2, 0.25) is 0 Å². The van der Waals surface area contributed by atoms with E-state index in [9.17, 15) is 0 Å². The normalized spacial score (nSPS) is 18.2. The van der Waals surface area contributed by atoms with Crippen molar-refractivity contribution >= 4 is 33.6 Å². The molecule has 5 aromatic rings. The largest absolute Gasteiger partial charge is 0.354 e. The Bertz CT molecular complexity index is 1350. The summed E-state index contributed by atoms with van der Waals surface area (Å²) in [5.41, 5.74) is 6.34. The maximum atomic E-state index is 3.61. The second kappa shape index (κ2) is 5.76. The summed E-state index contributed by atoms with van der Waals surface area (Å²) in [6.07, 6.45) is 0. The van der Waals surface area contributed by atoms with E-state index in [1.54, 1.807) is 0 Å². The van der Waals surface area contributed by atoms with Gasteiger partial charge in [-0.2, -0.15) is 0 Å². The van der Waals surface area contributed by atoms with E-state index in [2.05, 4.69) is 103 Å². The van der Waals surface area contributed by atoms with Crippen LogP contribution in [0.15, 0.2) is 101 Å². The lowest BCUT2D eigenvalue weighted by Gasteiger charge is -2.38. The molecule has 28 heavy (non-hydrogen) atoms. The summed E-state index contributed by atoms with van der Waals surface area (Å²) in [5, 5.41) is 2.59. The van der Waals surface area contributed by atoms with Crippen LogP contribution in [0, 0.1) is 0 Å². The average molecular weight is 378 g/mol. The molecule has 0 aliphatic carbocycles. The Labute approximate surface area is 168 Å². The standard InChI is InChI=1S/C26H19NS/c1-26(17-9-3-2-4-10-17)20-12-6-8-14-24(20)28-25-16-23-19(15-21(25)26)18-11-5-7-13-22(18)27-23/h2-16,27H,1H3. The smallest absolute Gasteiger partial charge is 0.0476 e. The first kappa shape index (κ1) is 16.0. The number of para-hydroxylation sites is 1. The fraction of sp³-hybridized carbons (Fsp3) is 0.0769. The van der Waals surface area contributed by atoms with E-state index >= 15 is 0 Å². The summed E-state index contributed by atoms with van der Waals surface area (Å²) in [4.78, 5) is 6.29. The maximum Gasteiger partial charge on any atom is 0.0476 e. The second-order valence-corrected chi connectivity index (χ2v) is 8.74. The van der Waals surface area contributed by atoms with Crippen LogP contribution in [-0.4, -0.2) is 4.98 Å². The van der Waals surface area contributed by atoms with E-state index in [1.165, 1.54) is 48.3 Å². The van der Waals surface area contributed by atoms with Crippen molar-refractivity contribution in [1.29, 1.82) is 0 Å². The fourth-order valence-corrected chi connectivity index (χ4v) is 5.98. The van der Waals surface area contributed by atoms with E-state index in [0.29, 0.717) is 0 Å². The van der Waals surface area contributed by atoms with Crippen molar-refractivity contribution in [3.63, 3.8) is 0 Å². The lowest BCUT2D eigenvalue weighted by Crippen LogP contribution is -2.29. The molecule has 134 valence electrons. The van der Waals surface area contributed by atoms with Gasteiger partial charge in [0, 0.05) is 37.0 Å². The van der Waals surface area contributed by atoms with Gasteiger partial charge in [-0.15, -0.1) is 0 Å². The Balaban J connectivity index is 1.73. The molecule has 0 saturated carbocycles. The highest BCUT2D eigenvalue weighted by atomic mass is 32.2. The van der Waals surface area contributed by atoms with Crippen LogP contribution in [0.25, 0.3) is 21.8 Å². The summed E-state index contributed by atoms with van der Waals surface area (Å²) in [7, 11) is 0. The van der Waals surface area contributed by atoms with Gasteiger partial charge >= 0.3 is 0 Å². The molecule has 0 saturated heterocycles. The summed E-state index contributed by atoms with van der Waals surface area (Å²) in [6, 6.07) is 33.1. The van der Waals surface area contributed by atoms with Crippen LogP contribution >= 0.6 is 11.8 Å². The molecule has 1 aliphatic rings. The molecule has 1 aliphatic heterocycles. The van der Waals surface area contributed by atoms with Crippen LogP contribution in [-0.2, 0) is 5.41 Å². The van der Waals surface area contributed by atoms with E-state index in [0.717, 1.165) is 0 Å². The molecule has 1 N–H and O–H groups in total. The third-order valence-electron chi connectivity index (χ3n) is 6.14. The number of rotatable bonds is 1. The Morgan fingerprint density at radius 2 is 1.39 bits per heavy atom. The summed E-state index contributed by atoms with van der Waals surface area (Å²) in [5.74, 6) is 0. The van der Waals surface area contributed by atoms with Crippen LogP contribution in [0.1, 0.15) is 23.6 Å². The number of benzene rings is 4. The minimum Gasteiger partial charge on any atom is -0.354 e. The van der Waals surface area contributed by atoms with Gasteiger partial charge in [-0.1, -0.05) is 78.5 Å². The number of nitrogens with one attached hydrogen (secondary N) is 1. The van der Waals surface area contributed by atoms with Crippen LogP contribution in [0.4, 0.5) is 0 Å². The monoisotopic (exact) mass is 377 g/mol. The van der Waals surface area contributed by atoms with Gasteiger partial charge in [-0.3, -0.25) is 0 Å². The lowest BCUT2D eigenvalue weighted by molar-refractivity contribution is 0.656. The molecular weight excluding hydrogens is 358 g/mol. The molecule has 1 aromatic heterocycles. The number of fused-ring (bicyclic) bond motifs is 5. The highest BCUT2D eigenvalue weighted by molar-refractivity contribution is 7.99. The van der Waals surface area contributed by atoms with Gasteiger partial charge in [0.2, 0.25) is 0 Å². The first-order valence-corrected chi connectivity index (χ1v) is 10.4. The van der Waals surface area contributed by atoms with Gasteiger partial charge in [-0.05, 0) is 47.9 Å². The van der Waals surface area contributed by atoms with Crippen molar-refractivity contribution in [2.45, 2.75) is 22.1 Å². The first-order valence-electron chi connectivity index (χ1n) is 9.63. The SMILES string of the molecule is CC1(c2ccccc2)c2ccccc2Sc2cc3[nH]c4ccccc4c3cc21. The molecule has 2 heteroatoms. The van der Waals surface area contributed by atoms with E-state index in [-0.39, 0.29) is 5.41 Å². The zero-order chi connectivity index (χ0) is 18.7. The highest BCUT2D eigenvalue weighted by Crippen LogP contribution is 2.53. The number of H-pyrrole nitrogens is 1. The van der Waals surface area contributed by atoms with Crippen LogP contribution in [0.3, 0.4) is 0 Å². The third kappa shape index (κ3) is 2.10. The second-order valence-electron chi connectivity index (χ2n) is 7.65. The first-order chi connectivity index (χ1) is 13.7. The van der Waals surface area contributed by atoms with Gasteiger partial charge in [0.1, 0.15) is 0 Å². The lowest BCUT2D eigenvalue weighted by atomic mass is 9.70. The third-order valence-corrected chi connectivity index (χ3v) is 7.28. The van der Waals surface area contributed by atoms with Crippen molar-refractivity contribution in [3.8, 4) is 0 Å². The summed E-state index contributed by atoms with van der Waals surface area (Å²) >= 11 is 1.88. The highest BCUT2D eigenvalue weighted by Gasteiger charge is 2.38. The van der Waals surface area contributed by atoms with E-state index in [1.807, 2.05) is 11.8 Å². The topological polar surface area (TPSA) is 15.8 Å². The molecule has 0 amide bonds. The fourth-order valence-electron chi connectivity index (χ4n) is 4.67. The number of hydrogen-bond acceptors (Lipinski definition) is 1. The Morgan fingerprint density at radius 1 is 0.643 bits per heavy atom. The van der Waals surface area contributed by atoms with Crippen molar-refractivity contribution in [2.24, 2.45) is 0 Å². The molecule has 0 radical (unpaired) electrons. The van der Waals surface area contributed by atoms with E-state index < -0.39 is 0 Å². The van der Waals surface area contributed by atoms with Crippen molar-refractivity contribution in [3.05, 3.63) is 108 Å². The van der Waals surface area contributed by atoms with Crippen LogP contribution < -0.4 is 0 Å². The Morgan fingerprint density at radius 3 is 2.29 bits per heavy atom. The molecule has 6 rings (SSSR count). The molecular formula is C26H19NS. The maximum absolute atomic E-state index is 3.61. The van der Waals surface area contributed by atoms with Crippen LogP contribution in [0.5, 0.6) is 0 Å². The predicted octanol–water partition coefficient (Wildman–Crippen LogP) is 7.14.